The Morgan fingerprint density at radius 3 is 2.79 bits per heavy atom. The number of thioether (sulfide) groups is 1. The molecule has 1 heterocycles. The van der Waals surface area contributed by atoms with Crippen molar-refractivity contribution in [1.82, 2.24) is 14.9 Å². The van der Waals surface area contributed by atoms with Crippen LogP contribution in [0.3, 0.4) is 0 Å². The molecule has 1 aromatic heterocycles. The second-order valence-electron chi connectivity index (χ2n) is 8.06. The van der Waals surface area contributed by atoms with E-state index in [0.29, 0.717) is 45.5 Å². The first kappa shape index (κ1) is 23.7. The van der Waals surface area contributed by atoms with E-state index in [2.05, 4.69) is 5.32 Å². The standard InChI is InChI=1S/C24H25ClFN3O3S/c1-32-11-10-29-23(31)19-9-7-15(22(30)27-18-4-2-3-5-18)12-21(19)28-24(29)33-14-16-6-8-17(26)13-20(16)25/h6-9,12-13,18H,2-5,10-11,14H2,1H3,(H,27,30). The maximum absolute atomic E-state index is 13.4. The van der Waals surface area contributed by atoms with Crippen LogP contribution in [-0.4, -0.2) is 35.2 Å². The molecule has 1 amide bonds. The van der Waals surface area contributed by atoms with Crippen LogP contribution in [0.25, 0.3) is 10.9 Å². The molecular weight excluding hydrogens is 465 g/mol. The van der Waals surface area contributed by atoms with Crippen LogP contribution in [-0.2, 0) is 17.0 Å². The molecule has 9 heteroatoms. The number of methoxy groups -OCH3 is 1. The summed E-state index contributed by atoms with van der Waals surface area (Å²) in [6.07, 6.45) is 4.25. The molecule has 33 heavy (non-hydrogen) atoms. The molecule has 4 rings (SSSR count). The lowest BCUT2D eigenvalue weighted by molar-refractivity contribution is 0.0938. The molecule has 174 valence electrons. The molecule has 3 aromatic rings. The topological polar surface area (TPSA) is 73.2 Å². The van der Waals surface area contributed by atoms with Crippen LogP contribution in [0.4, 0.5) is 4.39 Å². The lowest BCUT2D eigenvalue weighted by Crippen LogP contribution is -2.32. The molecule has 0 bridgehead atoms. The quantitative estimate of drug-likeness (QED) is 0.363. The van der Waals surface area contributed by atoms with E-state index in [4.69, 9.17) is 21.3 Å². The van der Waals surface area contributed by atoms with Gasteiger partial charge in [0, 0.05) is 29.5 Å². The van der Waals surface area contributed by atoms with Crippen LogP contribution in [0.15, 0.2) is 46.3 Å². The molecule has 6 nitrogen and oxygen atoms in total. The number of halogens is 2. The van der Waals surface area contributed by atoms with Gasteiger partial charge in [-0.15, -0.1) is 0 Å². The van der Waals surface area contributed by atoms with Gasteiger partial charge in [0.25, 0.3) is 11.5 Å². The molecule has 2 aromatic carbocycles. The average molecular weight is 490 g/mol. The summed E-state index contributed by atoms with van der Waals surface area (Å²) in [7, 11) is 1.57. The van der Waals surface area contributed by atoms with E-state index in [0.717, 1.165) is 31.2 Å². The van der Waals surface area contributed by atoms with Gasteiger partial charge in [-0.25, -0.2) is 9.37 Å². The van der Waals surface area contributed by atoms with Crippen molar-refractivity contribution in [2.75, 3.05) is 13.7 Å². The van der Waals surface area contributed by atoms with Gasteiger partial charge < -0.3 is 10.1 Å². The number of hydrogen-bond donors (Lipinski definition) is 1. The van der Waals surface area contributed by atoms with Crippen molar-refractivity contribution in [2.24, 2.45) is 0 Å². The van der Waals surface area contributed by atoms with E-state index in [9.17, 15) is 14.0 Å². The number of hydrogen-bond acceptors (Lipinski definition) is 5. The number of aromatic nitrogens is 2. The SMILES string of the molecule is COCCn1c(SCc2ccc(F)cc2Cl)nc2cc(C(=O)NC3CCCC3)ccc2c1=O. The highest BCUT2D eigenvalue weighted by atomic mass is 35.5. The Kier molecular flexibility index (Phi) is 7.67. The summed E-state index contributed by atoms with van der Waals surface area (Å²) >= 11 is 7.49. The third kappa shape index (κ3) is 5.57. The number of carbonyl (C=O) groups excluding carboxylic acids is 1. The van der Waals surface area contributed by atoms with Crippen LogP contribution in [0.1, 0.15) is 41.6 Å². The summed E-state index contributed by atoms with van der Waals surface area (Å²) in [5.41, 5.74) is 1.47. The molecule has 1 aliphatic carbocycles. The van der Waals surface area contributed by atoms with E-state index >= 15 is 0 Å². The monoisotopic (exact) mass is 489 g/mol. The summed E-state index contributed by atoms with van der Waals surface area (Å²) in [4.78, 5) is 30.6. The van der Waals surface area contributed by atoms with Gasteiger partial charge in [-0.2, -0.15) is 0 Å². The zero-order chi connectivity index (χ0) is 23.4. The Labute approximate surface area is 200 Å². The van der Waals surface area contributed by atoms with Crippen LogP contribution in [0.2, 0.25) is 5.02 Å². The zero-order valence-corrected chi connectivity index (χ0v) is 19.8. The van der Waals surface area contributed by atoms with E-state index in [1.54, 1.807) is 35.9 Å². The first-order valence-corrected chi connectivity index (χ1v) is 12.2. The van der Waals surface area contributed by atoms with Gasteiger partial charge in [-0.05, 0) is 48.7 Å². The Bertz CT molecular complexity index is 1230. The maximum Gasteiger partial charge on any atom is 0.262 e. The lowest BCUT2D eigenvalue weighted by atomic mass is 10.1. The highest BCUT2D eigenvalue weighted by Gasteiger charge is 2.19. The van der Waals surface area contributed by atoms with Crippen LogP contribution in [0, 0.1) is 5.82 Å². The number of ether oxygens (including phenoxy) is 1. The average Bonchev–Trinajstić information content (AvgIpc) is 3.31. The summed E-state index contributed by atoms with van der Waals surface area (Å²) < 4.78 is 20.1. The molecular formula is C24H25ClFN3O3S. The van der Waals surface area contributed by atoms with Gasteiger partial charge in [0.2, 0.25) is 0 Å². The minimum atomic E-state index is -0.405. The van der Waals surface area contributed by atoms with E-state index < -0.39 is 5.82 Å². The third-order valence-electron chi connectivity index (χ3n) is 5.76. The Morgan fingerprint density at radius 2 is 2.06 bits per heavy atom. The Balaban J connectivity index is 1.66. The second-order valence-corrected chi connectivity index (χ2v) is 9.40. The first-order chi connectivity index (χ1) is 16.0. The van der Waals surface area contributed by atoms with Crippen molar-refractivity contribution < 1.29 is 13.9 Å². The minimum absolute atomic E-state index is 0.151. The number of rotatable bonds is 8. The van der Waals surface area contributed by atoms with Crippen molar-refractivity contribution in [1.29, 1.82) is 0 Å². The van der Waals surface area contributed by atoms with Gasteiger partial charge in [-0.3, -0.25) is 14.2 Å². The molecule has 1 N–H and O–H groups in total. The highest BCUT2D eigenvalue weighted by molar-refractivity contribution is 7.98. The van der Waals surface area contributed by atoms with Crippen LogP contribution >= 0.6 is 23.4 Å². The third-order valence-corrected chi connectivity index (χ3v) is 7.14. The van der Waals surface area contributed by atoms with Crippen molar-refractivity contribution >= 4 is 40.2 Å². The fourth-order valence-electron chi connectivity index (χ4n) is 3.95. The molecule has 0 spiro atoms. The molecule has 1 aliphatic rings. The molecule has 1 saturated carbocycles. The fourth-order valence-corrected chi connectivity index (χ4v) is 5.29. The smallest absolute Gasteiger partial charge is 0.262 e. The van der Waals surface area contributed by atoms with Crippen molar-refractivity contribution in [3.63, 3.8) is 0 Å². The first-order valence-electron chi connectivity index (χ1n) is 10.9. The highest BCUT2D eigenvalue weighted by Crippen LogP contribution is 2.27. The van der Waals surface area contributed by atoms with Gasteiger partial charge in [0.05, 0.1) is 24.1 Å². The number of fused-ring (bicyclic) bond motifs is 1. The number of carbonyl (C=O) groups is 1. The van der Waals surface area contributed by atoms with Gasteiger partial charge in [0.1, 0.15) is 5.82 Å². The van der Waals surface area contributed by atoms with E-state index in [1.807, 2.05) is 0 Å². The van der Waals surface area contributed by atoms with Gasteiger partial charge in [0.15, 0.2) is 5.16 Å². The number of amides is 1. The summed E-state index contributed by atoms with van der Waals surface area (Å²) in [6, 6.07) is 9.42. The van der Waals surface area contributed by atoms with Crippen molar-refractivity contribution in [3.05, 3.63) is 68.7 Å². The predicted octanol–water partition coefficient (Wildman–Crippen LogP) is 4.80. The van der Waals surface area contributed by atoms with Crippen molar-refractivity contribution in [3.8, 4) is 0 Å². The molecule has 0 aliphatic heterocycles. The molecule has 0 saturated heterocycles. The molecule has 0 unspecified atom stereocenters. The molecule has 0 radical (unpaired) electrons. The van der Waals surface area contributed by atoms with Crippen molar-refractivity contribution in [2.45, 2.75) is 49.2 Å². The van der Waals surface area contributed by atoms with Crippen LogP contribution in [0.5, 0.6) is 0 Å². The summed E-state index contributed by atoms with van der Waals surface area (Å²) in [6.45, 7) is 0.682. The summed E-state index contributed by atoms with van der Waals surface area (Å²) in [5, 5.41) is 4.31. The Morgan fingerprint density at radius 1 is 1.27 bits per heavy atom. The minimum Gasteiger partial charge on any atom is -0.383 e. The van der Waals surface area contributed by atoms with Gasteiger partial charge in [-0.1, -0.05) is 42.3 Å². The van der Waals surface area contributed by atoms with E-state index in [-0.39, 0.29) is 17.5 Å². The number of benzene rings is 2. The predicted molar refractivity (Wildman–Crippen MR) is 129 cm³/mol. The van der Waals surface area contributed by atoms with E-state index in [1.165, 1.54) is 23.9 Å². The maximum atomic E-state index is 13.4. The molecule has 0 atom stereocenters. The second kappa shape index (κ2) is 10.7. The summed E-state index contributed by atoms with van der Waals surface area (Å²) in [5.74, 6) is -0.147. The lowest BCUT2D eigenvalue weighted by Gasteiger charge is -2.15. The zero-order valence-electron chi connectivity index (χ0n) is 18.3. The van der Waals surface area contributed by atoms with Crippen LogP contribution < -0.4 is 10.9 Å². The normalized spacial score (nSPS) is 14.2. The fraction of sp³-hybridized carbons (Fsp3) is 0.375. The number of nitrogens with one attached hydrogen (secondary N) is 1. The largest absolute Gasteiger partial charge is 0.383 e. The van der Waals surface area contributed by atoms with Gasteiger partial charge >= 0.3 is 0 Å². The molecule has 1 fully saturated rings. The Hall–Kier alpha value is -2.42. The number of nitrogens with zero attached hydrogens (tertiary/aromatic N) is 2.